The molecule has 1 atom stereocenters. The Hall–Kier alpha value is -1.44. The van der Waals surface area contributed by atoms with Crippen molar-refractivity contribution in [2.75, 3.05) is 6.61 Å². The van der Waals surface area contributed by atoms with E-state index in [1.54, 1.807) is 6.92 Å². The summed E-state index contributed by atoms with van der Waals surface area (Å²) in [5, 5.41) is 17.8. The highest BCUT2D eigenvalue weighted by Crippen LogP contribution is 2.21. The molecule has 4 heteroatoms. The second-order valence-corrected chi connectivity index (χ2v) is 3.38. The number of nitrogens with zero attached hydrogens (tertiary/aromatic N) is 1. The van der Waals surface area contributed by atoms with Crippen molar-refractivity contribution in [1.29, 1.82) is 5.26 Å². The SMILES string of the molecule is C[C@](N)(CO)c1ccc(F)cc1C#N. The van der Waals surface area contributed by atoms with Crippen molar-refractivity contribution >= 4 is 0 Å². The number of nitrogens with two attached hydrogens (primary N) is 1. The molecule has 0 aliphatic heterocycles. The van der Waals surface area contributed by atoms with E-state index >= 15 is 0 Å². The fraction of sp³-hybridized carbons (Fsp3) is 0.300. The monoisotopic (exact) mass is 194 g/mol. The van der Waals surface area contributed by atoms with Gasteiger partial charge >= 0.3 is 0 Å². The molecule has 14 heavy (non-hydrogen) atoms. The first-order valence-electron chi connectivity index (χ1n) is 4.11. The Morgan fingerprint density at radius 1 is 1.64 bits per heavy atom. The largest absolute Gasteiger partial charge is 0.394 e. The van der Waals surface area contributed by atoms with E-state index < -0.39 is 11.4 Å². The van der Waals surface area contributed by atoms with E-state index in [-0.39, 0.29) is 12.2 Å². The van der Waals surface area contributed by atoms with Gasteiger partial charge in [0.25, 0.3) is 0 Å². The molecular formula is C10H11FN2O. The van der Waals surface area contributed by atoms with Gasteiger partial charge in [0.2, 0.25) is 0 Å². The maximum atomic E-state index is 12.8. The van der Waals surface area contributed by atoms with Gasteiger partial charge in [-0.15, -0.1) is 0 Å². The molecule has 0 aliphatic rings. The molecular weight excluding hydrogens is 183 g/mol. The fourth-order valence-corrected chi connectivity index (χ4v) is 1.19. The van der Waals surface area contributed by atoms with Crippen molar-refractivity contribution in [2.45, 2.75) is 12.5 Å². The summed E-state index contributed by atoms with van der Waals surface area (Å²) in [7, 11) is 0. The molecule has 0 saturated carbocycles. The number of hydrogen-bond acceptors (Lipinski definition) is 3. The molecule has 0 aromatic heterocycles. The van der Waals surface area contributed by atoms with Crippen LogP contribution in [-0.4, -0.2) is 11.7 Å². The average Bonchev–Trinajstić information content (AvgIpc) is 2.17. The van der Waals surface area contributed by atoms with E-state index in [4.69, 9.17) is 16.1 Å². The van der Waals surface area contributed by atoms with Gasteiger partial charge in [-0.3, -0.25) is 0 Å². The second kappa shape index (κ2) is 3.74. The van der Waals surface area contributed by atoms with E-state index in [0.29, 0.717) is 5.56 Å². The standard InChI is InChI=1S/C10H11FN2O/c1-10(13,6-14)9-3-2-8(11)4-7(9)5-12/h2-4,14H,6,13H2,1H3/t10-/m0/s1. The number of nitriles is 1. The smallest absolute Gasteiger partial charge is 0.124 e. The van der Waals surface area contributed by atoms with Crippen molar-refractivity contribution in [3.05, 3.63) is 35.1 Å². The van der Waals surface area contributed by atoms with Gasteiger partial charge in [0.05, 0.1) is 23.8 Å². The Bertz CT molecular complexity index is 382. The Balaban J connectivity index is 3.29. The maximum absolute atomic E-state index is 12.8. The molecule has 0 amide bonds. The molecule has 0 radical (unpaired) electrons. The summed E-state index contributed by atoms with van der Waals surface area (Å²) in [6.07, 6.45) is 0. The van der Waals surface area contributed by atoms with Crippen LogP contribution in [0, 0.1) is 17.1 Å². The van der Waals surface area contributed by atoms with Crippen LogP contribution in [0.1, 0.15) is 18.1 Å². The zero-order chi connectivity index (χ0) is 10.8. The van der Waals surface area contributed by atoms with Crippen molar-refractivity contribution in [1.82, 2.24) is 0 Å². The molecule has 3 nitrogen and oxygen atoms in total. The second-order valence-electron chi connectivity index (χ2n) is 3.38. The molecule has 0 fully saturated rings. The highest BCUT2D eigenvalue weighted by Gasteiger charge is 2.23. The number of halogens is 1. The summed E-state index contributed by atoms with van der Waals surface area (Å²) < 4.78 is 12.8. The molecule has 0 bridgehead atoms. The summed E-state index contributed by atoms with van der Waals surface area (Å²) in [5.41, 5.74) is 5.33. The van der Waals surface area contributed by atoms with E-state index in [0.717, 1.165) is 6.07 Å². The van der Waals surface area contributed by atoms with Gasteiger partial charge in [0, 0.05) is 0 Å². The highest BCUT2D eigenvalue weighted by molar-refractivity contribution is 5.42. The predicted molar refractivity (Wildman–Crippen MR) is 49.7 cm³/mol. The number of rotatable bonds is 2. The van der Waals surface area contributed by atoms with Crippen molar-refractivity contribution in [3.63, 3.8) is 0 Å². The Morgan fingerprint density at radius 2 is 2.29 bits per heavy atom. The third-order valence-corrected chi connectivity index (χ3v) is 2.05. The summed E-state index contributed by atoms with van der Waals surface area (Å²) in [4.78, 5) is 0. The van der Waals surface area contributed by atoms with Crippen molar-refractivity contribution in [2.24, 2.45) is 5.73 Å². The molecule has 0 heterocycles. The average molecular weight is 194 g/mol. The Morgan fingerprint density at radius 3 is 2.79 bits per heavy atom. The van der Waals surface area contributed by atoms with Crippen LogP contribution < -0.4 is 5.73 Å². The normalized spacial score (nSPS) is 14.5. The first kappa shape index (κ1) is 10.6. The molecule has 3 N–H and O–H groups in total. The minimum absolute atomic E-state index is 0.157. The molecule has 1 rings (SSSR count). The number of aliphatic hydroxyl groups excluding tert-OH is 1. The highest BCUT2D eigenvalue weighted by atomic mass is 19.1. The quantitative estimate of drug-likeness (QED) is 0.733. The number of hydrogen-bond donors (Lipinski definition) is 2. The summed E-state index contributed by atoms with van der Waals surface area (Å²) in [6, 6.07) is 5.59. The predicted octanol–water partition coefficient (Wildman–Crippen LogP) is 0.864. The van der Waals surface area contributed by atoms with Gasteiger partial charge < -0.3 is 10.8 Å². The molecule has 0 aliphatic carbocycles. The summed E-state index contributed by atoms with van der Waals surface area (Å²) >= 11 is 0. The summed E-state index contributed by atoms with van der Waals surface area (Å²) in [6.45, 7) is 1.29. The lowest BCUT2D eigenvalue weighted by Crippen LogP contribution is -2.37. The Labute approximate surface area is 81.6 Å². The molecule has 74 valence electrons. The minimum atomic E-state index is -1.02. The van der Waals surface area contributed by atoms with Crippen LogP contribution in [0.3, 0.4) is 0 Å². The minimum Gasteiger partial charge on any atom is -0.394 e. The number of aliphatic hydroxyl groups is 1. The van der Waals surface area contributed by atoms with Gasteiger partial charge in [-0.2, -0.15) is 5.26 Å². The lowest BCUT2D eigenvalue weighted by molar-refractivity contribution is 0.210. The van der Waals surface area contributed by atoms with Crippen LogP contribution in [0.25, 0.3) is 0 Å². The first-order valence-corrected chi connectivity index (χ1v) is 4.11. The van der Waals surface area contributed by atoms with Crippen LogP contribution in [0.2, 0.25) is 0 Å². The van der Waals surface area contributed by atoms with Crippen LogP contribution in [-0.2, 0) is 5.54 Å². The first-order chi connectivity index (χ1) is 6.51. The zero-order valence-corrected chi connectivity index (χ0v) is 7.79. The third kappa shape index (κ3) is 1.90. The Kier molecular flexibility index (Phi) is 2.84. The molecule has 0 unspecified atom stereocenters. The van der Waals surface area contributed by atoms with Crippen LogP contribution in [0.4, 0.5) is 4.39 Å². The molecule has 1 aromatic carbocycles. The topological polar surface area (TPSA) is 70.0 Å². The van der Waals surface area contributed by atoms with Crippen LogP contribution in [0.15, 0.2) is 18.2 Å². The number of benzene rings is 1. The lowest BCUT2D eigenvalue weighted by Gasteiger charge is -2.23. The van der Waals surface area contributed by atoms with E-state index in [9.17, 15) is 4.39 Å². The molecule has 0 spiro atoms. The van der Waals surface area contributed by atoms with E-state index in [2.05, 4.69) is 0 Å². The van der Waals surface area contributed by atoms with Gasteiger partial charge in [-0.05, 0) is 24.6 Å². The van der Waals surface area contributed by atoms with Gasteiger partial charge in [0.15, 0.2) is 0 Å². The molecule has 1 aromatic rings. The fourth-order valence-electron chi connectivity index (χ4n) is 1.19. The van der Waals surface area contributed by atoms with Gasteiger partial charge in [-0.25, -0.2) is 4.39 Å². The van der Waals surface area contributed by atoms with E-state index in [1.807, 2.05) is 6.07 Å². The van der Waals surface area contributed by atoms with Crippen LogP contribution in [0.5, 0.6) is 0 Å². The maximum Gasteiger partial charge on any atom is 0.124 e. The van der Waals surface area contributed by atoms with Crippen molar-refractivity contribution in [3.8, 4) is 6.07 Å². The van der Waals surface area contributed by atoms with Gasteiger partial charge in [-0.1, -0.05) is 6.07 Å². The summed E-state index contributed by atoms with van der Waals surface area (Å²) in [5.74, 6) is -0.487. The third-order valence-electron chi connectivity index (χ3n) is 2.05. The lowest BCUT2D eigenvalue weighted by atomic mass is 9.90. The zero-order valence-electron chi connectivity index (χ0n) is 7.79. The van der Waals surface area contributed by atoms with E-state index in [1.165, 1.54) is 12.1 Å². The molecule has 0 saturated heterocycles. The van der Waals surface area contributed by atoms with Crippen molar-refractivity contribution < 1.29 is 9.50 Å². The van der Waals surface area contributed by atoms with Gasteiger partial charge in [0.1, 0.15) is 5.82 Å². The van der Waals surface area contributed by atoms with Crippen LogP contribution >= 0.6 is 0 Å².